The van der Waals surface area contributed by atoms with Crippen molar-refractivity contribution in [1.29, 1.82) is 0 Å². The average molecular weight is 327 g/mol. The molecule has 21 heavy (non-hydrogen) atoms. The van der Waals surface area contributed by atoms with Gasteiger partial charge < -0.3 is 4.74 Å². The number of hydrogen-bond acceptors (Lipinski definition) is 3. The van der Waals surface area contributed by atoms with Crippen molar-refractivity contribution in [3.8, 4) is 11.1 Å². The molecule has 1 aromatic heterocycles. The molecule has 0 aliphatic carbocycles. The van der Waals surface area contributed by atoms with Crippen LogP contribution in [0.15, 0.2) is 24.3 Å². The first-order chi connectivity index (χ1) is 10.0. The van der Waals surface area contributed by atoms with Crippen LogP contribution >= 0.6 is 23.2 Å². The van der Waals surface area contributed by atoms with E-state index in [1.165, 1.54) is 12.1 Å². The number of rotatable bonds is 2. The first kappa shape index (κ1) is 14.7. The Hall–Kier alpha value is -1.23. The number of benzene rings is 1. The molecule has 3 rings (SSSR count). The Morgan fingerprint density at radius 3 is 2.48 bits per heavy atom. The highest BCUT2D eigenvalue weighted by molar-refractivity contribution is 6.37. The van der Waals surface area contributed by atoms with Gasteiger partial charge in [0.1, 0.15) is 22.2 Å². The molecule has 3 nitrogen and oxygen atoms in total. The Morgan fingerprint density at radius 1 is 1.19 bits per heavy atom. The summed E-state index contributed by atoms with van der Waals surface area (Å²) in [6.45, 7) is 2.00. The van der Waals surface area contributed by atoms with E-state index in [9.17, 15) is 4.39 Å². The van der Waals surface area contributed by atoms with Crippen molar-refractivity contribution in [3.63, 3.8) is 0 Å². The van der Waals surface area contributed by atoms with Crippen LogP contribution in [0.2, 0.25) is 10.3 Å². The second-order valence-electron chi connectivity index (χ2n) is 5.06. The molecule has 2 aromatic rings. The molecular weight excluding hydrogens is 314 g/mol. The van der Waals surface area contributed by atoms with Gasteiger partial charge >= 0.3 is 0 Å². The highest BCUT2D eigenvalue weighted by Gasteiger charge is 2.27. The lowest BCUT2D eigenvalue weighted by Gasteiger charge is -2.13. The van der Waals surface area contributed by atoms with Gasteiger partial charge in [0.2, 0.25) is 0 Å². The van der Waals surface area contributed by atoms with Crippen LogP contribution in [0, 0.1) is 5.82 Å². The van der Waals surface area contributed by atoms with E-state index < -0.39 is 0 Å². The summed E-state index contributed by atoms with van der Waals surface area (Å²) < 4.78 is 19.1. The minimum atomic E-state index is -0.364. The molecule has 0 spiro atoms. The fourth-order valence-corrected chi connectivity index (χ4v) is 3.06. The number of nitrogens with zero attached hydrogens (tertiary/aromatic N) is 2. The second-order valence-corrected chi connectivity index (χ2v) is 5.78. The predicted molar refractivity (Wildman–Crippen MR) is 80.0 cm³/mol. The Kier molecular flexibility index (Phi) is 4.11. The van der Waals surface area contributed by atoms with Crippen LogP contribution in [0.5, 0.6) is 0 Å². The second kappa shape index (κ2) is 5.87. The zero-order valence-electron chi connectivity index (χ0n) is 11.3. The normalized spacial score (nSPS) is 21.7. The van der Waals surface area contributed by atoms with Gasteiger partial charge in [-0.3, -0.25) is 0 Å². The van der Waals surface area contributed by atoms with Crippen molar-refractivity contribution in [2.45, 2.75) is 32.0 Å². The fourth-order valence-electron chi connectivity index (χ4n) is 2.44. The summed E-state index contributed by atoms with van der Waals surface area (Å²) >= 11 is 12.4. The van der Waals surface area contributed by atoms with E-state index in [0.717, 1.165) is 12.8 Å². The summed E-state index contributed by atoms with van der Waals surface area (Å²) in [5, 5.41) is 0.414. The molecule has 0 radical (unpaired) electrons. The predicted octanol–water partition coefficient (Wildman–Crippen LogP) is 4.83. The maximum atomic E-state index is 13.3. The van der Waals surface area contributed by atoms with Gasteiger partial charge in [0.25, 0.3) is 0 Å². The molecule has 2 atom stereocenters. The van der Waals surface area contributed by atoms with Gasteiger partial charge in [-0.1, -0.05) is 35.3 Å². The topological polar surface area (TPSA) is 35.0 Å². The lowest BCUT2D eigenvalue weighted by atomic mass is 10.1. The molecule has 1 fully saturated rings. The summed E-state index contributed by atoms with van der Waals surface area (Å²) in [6, 6.07) is 6.01. The zero-order valence-corrected chi connectivity index (χ0v) is 12.8. The lowest BCUT2D eigenvalue weighted by molar-refractivity contribution is 0.0503. The summed E-state index contributed by atoms with van der Waals surface area (Å²) in [5.41, 5.74) is 0.991. The maximum absolute atomic E-state index is 13.3. The van der Waals surface area contributed by atoms with Gasteiger partial charge in [0, 0.05) is 0 Å². The highest BCUT2D eigenvalue weighted by Crippen LogP contribution is 2.36. The molecule has 0 N–H and O–H groups in total. The monoisotopic (exact) mass is 326 g/mol. The summed E-state index contributed by atoms with van der Waals surface area (Å²) in [4.78, 5) is 8.56. The third kappa shape index (κ3) is 3.03. The molecule has 0 amide bonds. The molecule has 1 saturated heterocycles. The first-order valence-electron chi connectivity index (χ1n) is 6.69. The number of halogens is 3. The standard InChI is InChI=1S/C15H13Cl2FN2O/c1-8-5-6-11(21-8)15-19-13(16)12(14(17)20-15)9-3-2-4-10(18)7-9/h2-4,7-8,11H,5-6H2,1H3. The van der Waals surface area contributed by atoms with Gasteiger partial charge in [-0.05, 0) is 37.5 Å². The van der Waals surface area contributed by atoms with Crippen LogP contribution in [-0.2, 0) is 4.74 Å². The Bertz CT molecular complexity index is 657. The molecule has 1 aliphatic rings. The average Bonchev–Trinajstić information content (AvgIpc) is 2.85. The van der Waals surface area contributed by atoms with E-state index in [1.54, 1.807) is 12.1 Å². The smallest absolute Gasteiger partial charge is 0.160 e. The molecular formula is C15H13Cl2FN2O. The van der Waals surface area contributed by atoms with Crippen LogP contribution in [0.4, 0.5) is 4.39 Å². The quantitative estimate of drug-likeness (QED) is 0.741. The van der Waals surface area contributed by atoms with E-state index in [0.29, 0.717) is 17.0 Å². The molecule has 6 heteroatoms. The van der Waals surface area contributed by atoms with Crippen molar-refractivity contribution in [2.75, 3.05) is 0 Å². The third-order valence-electron chi connectivity index (χ3n) is 3.47. The van der Waals surface area contributed by atoms with Crippen LogP contribution in [-0.4, -0.2) is 16.1 Å². The Balaban J connectivity index is 2.00. The molecule has 1 aromatic carbocycles. The molecule has 0 bridgehead atoms. The molecule has 0 saturated carbocycles. The van der Waals surface area contributed by atoms with E-state index in [1.807, 2.05) is 6.92 Å². The largest absolute Gasteiger partial charge is 0.367 e. The van der Waals surface area contributed by atoms with Crippen molar-refractivity contribution in [1.82, 2.24) is 9.97 Å². The summed E-state index contributed by atoms with van der Waals surface area (Å²) in [6.07, 6.45) is 1.79. The van der Waals surface area contributed by atoms with Gasteiger partial charge in [0.15, 0.2) is 5.82 Å². The van der Waals surface area contributed by atoms with Gasteiger partial charge in [-0.2, -0.15) is 0 Å². The summed E-state index contributed by atoms with van der Waals surface area (Å²) in [5.74, 6) is 0.117. The first-order valence-corrected chi connectivity index (χ1v) is 7.44. The molecule has 2 heterocycles. The third-order valence-corrected chi connectivity index (χ3v) is 4.02. The SMILES string of the molecule is CC1CCC(c2nc(Cl)c(-c3cccc(F)c3)c(Cl)n2)O1. The van der Waals surface area contributed by atoms with Crippen LogP contribution in [0.25, 0.3) is 11.1 Å². The van der Waals surface area contributed by atoms with E-state index >= 15 is 0 Å². The lowest BCUT2D eigenvalue weighted by Crippen LogP contribution is -2.07. The van der Waals surface area contributed by atoms with E-state index in [2.05, 4.69) is 9.97 Å². The molecule has 1 aliphatic heterocycles. The van der Waals surface area contributed by atoms with Gasteiger partial charge in [0.05, 0.1) is 11.7 Å². The Morgan fingerprint density at radius 2 is 1.90 bits per heavy atom. The van der Waals surface area contributed by atoms with Crippen LogP contribution < -0.4 is 0 Å². The van der Waals surface area contributed by atoms with E-state index in [-0.39, 0.29) is 28.3 Å². The van der Waals surface area contributed by atoms with Crippen molar-refractivity contribution >= 4 is 23.2 Å². The highest BCUT2D eigenvalue weighted by atomic mass is 35.5. The zero-order chi connectivity index (χ0) is 15.0. The van der Waals surface area contributed by atoms with Gasteiger partial charge in [-0.25, -0.2) is 14.4 Å². The van der Waals surface area contributed by atoms with Crippen LogP contribution in [0.1, 0.15) is 31.7 Å². The fraction of sp³-hybridized carbons (Fsp3) is 0.333. The van der Waals surface area contributed by atoms with Gasteiger partial charge in [-0.15, -0.1) is 0 Å². The number of aromatic nitrogens is 2. The Labute approximate surface area is 132 Å². The molecule has 2 unspecified atom stereocenters. The number of hydrogen-bond donors (Lipinski definition) is 0. The maximum Gasteiger partial charge on any atom is 0.160 e. The minimum Gasteiger partial charge on any atom is -0.367 e. The van der Waals surface area contributed by atoms with Crippen LogP contribution in [0.3, 0.4) is 0 Å². The van der Waals surface area contributed by atoms with Crippen molar-refractivity contribution in [2.24, 2.45) is 0 Å². The number of ether oxygens (including phenoxy) is 1. The summed E-state index contributed by atoms with van der Waals surface area (Å²) in [7, 11) is 0. The van der Waals surface area contributed by atoms with Crippen molar-refractivity contribution in [3.05, 3.63) is 46.2 Å². The minimum absolute atomic E-state index is 0.180. The molecule has 110 valence electrons. The van der Waals surface area contributed by atoms with Crippen molar-refractivity contribution < 1.29 is 9.13 Å². The van der Waals surface area contributed by atoms with E-state index in [4.69, 9.17) is 27.9 Å².